The number of alkyl halides is 3. The molecule has 2 rings (SSSR count). The van der Waals surface area contributed by atoms with Crippen LogP contribution in [0.15, 0.2) is 30.3 Å². The second kappa shape index (κ2) is 2.98. The Kier molecular flexibility index (Phi) is 1.99. The number of hydrogen-bond acceptors (Lipinski definition) is 1. The quantitative estimate of drug-likeness (QED) is 0.806. The molecular formula is C10H8F3NO. The lowest BCUT2D eigenvalue weighted by Gasteiger charge is -2.07. The molecule has 15 heavy (non-hydrogen) atoms. The van der Waals surface area contributed by atoms with E-state index >= 15 is 0 Å². The first kappa shape index (κ1) is 10.0. The molecule has 1 N–H and O–H groups in total. The zero-order valence-electron chi connectivity index (χ0n) is 7.64. The van der Waals surface area contributed by atoms with E-state index in [0.717, 1.165) is 0 Å². The highest BCUT2D eigenvalue weighted by atomic mass is 19.3. The highest BCUT2D eigenvalue weighted by molar-refractivity contribution is 6.00. The van der Waals surface area contributed by atoms with Crippen molar-refractivity contribution in [2.24, 2.45) is 0 Å². The standard InChI is InChI=1S/C10H8F3NO/c11-9(6-10(9,12)13)8(15)14-7-4-2-1-3-5-7/h1-5H,6H2,(H,14,15)/t9-/m1/s1. The molecule has 1 amide bonds. The molecule has 0 saturated heterocycles. The molecule has 5 heteroatoms. The van der Waals surface area contributed by atoms with Gasteiger partial charge in [-0.25, -0.2) is 13.2 Å². The summed E-state index contributed by atoms with van der Waals surface area (Å²) >= 11 is 0. The van der Waals surface area contributed by atoms with Crippen molar-refractivity contribution in [3.8, 4) is 0 Å². The minimum atomic E-state index is -3.52. The zero-order valence-corrected chi connectivity index (χ0v) is 7.64. The molecule has 1 aromatic rings. The van der Waals surface area contributed by atoms with E-state index in [1.807, 2.05) is 0 Å². The van der Waals surface area contributed by atoms with E-state index in [0.29, 0.717) is 5.69 Å². The van der Waals surface area contributed by atoms with Crippen molar-refractivity contribution < 1.29 is 18.0 Å². The van der Waals surface area contributed by atoms with Crippen LogP contribution in [0.1, 0.15) is 6.42 Å². The van der Waals surface area contributed by atoms with E-state index in [1.54, 1.807) is 18.2 Å². The number of carbonyl (C=O) groups is 1. The van der Waals surface area contributed by atoms with Crippen LogP contribution in [0.4, 0.5) is 18.9 Å². The smallest absolute Gasteiger partial charge is 0.294 e. The summed E-state index contributed by atoms with van der Waals surface area (Å²) in [5.41, 5.74) is -2.72. The van der Waals surface area contributed by atoms with E-state index in [4.69, 9.17) is 0 Å². The minimum Gasteiger partial charge on any atom is -0.323 e. The number of anilines is 1. The van der Waals surface area contributed by atoms with Gasteiger partial charge in [0.25, 0.3) is 17.5 Å². The number of nitrogens with one attached hydrogen (secondary N) is 1. The SMILES string of the molecule is O=C(Nc1ccccc1)[C@]1(F)CC1(F)F. The fourth-order valence-electron chi connectivity index (χ4n) is 1.26. The molecule has 1 fully saturated rings. The fourth-order valence-corrected chi connectivity index (χ4v) is 1.26. The molecule has 1 aromatic carbocycles. The lowest BCUT2D eigenvalue weighted by molar-refractivity contribution is -0.126. The van der Waals surface area contributed by atoms with Gasteiger partial charge in [-0.05, 0) is 12.1 Å². The molecule has 1 aliphatic rings. The van der Waals surface area contributed by atoms with Crippen molar-refractivity contribution in [2.45, 2.75) is 18.0 Å². The summed E-state index contributed by atoms with van der Waals surface area (Å²) < 4.78 is 38.2. The first-order valence-corrected chi connectivity index (χ1v) is 4.39. The second-order valence-electron chi connectivity index (χ2n) is 3.50. The van der Waals surface area contributed by atoms with Gasteiger partial charge in [0, 0.05) is 5.69 Å². The number of halogens is 3. The van der Waals surface area contributed by atoms with Gasteiger partial charge < -0.3 is 5.32 Å². The summed E-state index contributed by atoms with van der Waals surface area (Å²) in [5, 5.41) is 2.11. The van der Waals surface area contributed by atoms with Gasteiger partial charge >= 0.3 is 0 Å². The Morgan fingerprint density at radius 1 is 1.20 bits per heavy atom. The van der Waals surface area contributed by atoms with E-state index < -0.39 is 23.9 Å². The number of rotatable bonds is 2. The van der Waals surface area contributed by atoms with Gasteiger partial charge in [-0.2, -0.15) is 0 Å². The highest BCUT2D eigenvalue weighted by Gasteiger charge is 2.78. The molecule has 0 aliphatic heterocycles. The number of hydrogen-bond donors (Lipinski definition) is 1. The average molecular weight is 215 g/mol. The molecule has 2 nitrogen and oxygen atoms in total. The van der Waals surface area contributed by atoms with Gasteiger partial charge in [0.2, 0.25) is 0 Å². The van der Waals surface area contributed by atoms with Crippen LogP contribution < -0.4 is 5.32 Å². The maximum Gasteiger partial charge on any atom is 0.294 e. The Bertz CT molecular complexity index is 393. The first-order chi connectivity index (χ1) is 6.96. The van der Waals surface area contributed by atoms with Crippen LogP contribution in [-0.4, -0.2) is 17.5 Å². The third-order valence-electron chi connectivity index (χ3n) is 2.31. The minimum absolute atomic E-state index is 0.308. The van der Waals surface area contributed by atoms with E-state index in [9.17, 15) is 18.0 Å². The number of para-hydroxylation sites is 1. The average Bonchev–Trinajstić information content (AvgIpc) is 2.69. The largest absolute Gasteiger partial charge is 0.323 e. The Labute approximate surface area is 84.1 Å². The monoisotopic (exact) mass is 215 g/mol. The molecule has 1 saturated carbocycles. The summed E-state index contributed by atoms with van der Waals surface area (Å²) in [6.45, 7) is 0. The van der Waals surface area contributed by atoms with Crippen molar-refractivity contribution in [3.63, 3.8) is 0 Å². The van der Waals surface area contributed by atoms with Crippen LogP contribution in [0.3, 0.4) is 0 Å². The maximum absolute atomic E-state index is 13.2. The van der Waals surface area contributed by atoms with Crippen LogP contribution in [0, 0.1) is 0 Å². The molecule has 0 radical (unpaired) electrons. The molecule has 0 heterocycles. The lowest BCUT2D eigenvalue weighted by Crippen LogP contribution is -2.31. The van der Waals surface area contributed by atoms with Gasteiger partial charge in [-0.15, -0.1) is 0 Å². The highest BCUT2D eigenvalue weighted by Crippen LogP contribution is 2.56. The molecule has 0 bridgehead atoms. The predicted octanol–water partition coefficient (Wildman–Crippen LogP) is 2.37. The molecule has 1 atom stereocenters. The summed E-state index contributed by atoms with van der Waals surface area (Å²) in [5.74, 6) is -4.80. The topological polar surface area (TPSA) is 29.1 Å². The zero-order chi connectivity index (χ0) is 11.1. The van der Waals surface area contributed by atoms with Crippen molar-refractivity contribution in [2.75, 3.05) is 5.32 Å². The van der Waals surface area contributed by atoms with E-state index in [2.05, 4.69) is 5.32 Å². The maximum atomic E-state index is 13.2. The normalized spacial score (nSPS) is 27.1. The van der Waals surface area contributed by atoms with Crippen LogP contribution in [0.2, 0.25) is 0 Å². The van der Waals surface area contributed by atoms with Crippen molar-refractivity contribution >= 4 is 11.6 Å². The Morgan fingerprint density at radius 3 is 2.20 bits per heavy atom. The van der Waals surface area contributed by atoms with Gasteiger partial charge in [0.05, 0.1) is 6.42 Å². The van der Waals surface area contributed by atoms with Crippen molar-refractivity contribution in [1.82, 2.24) is 0 Å². The van der Waals surface area contributed by atoms with E-state index in [-0.39, 0.29) is 0 Å². The van der Waals surface area contributed by atoms with Gasteiger partial charge in [0.1, 0.15) is 0 Å². The van der Waals surface area contributed by atoms with Gasteiger partial charge in [-0.3, -0.25) is 4.79 Å². The summed E-state index contributed by atoms with van der Waals surface area (Å²) in [6, 6.07) is 7.94. The van der Waals surface area contributed by atoms with E-state index in [1.165, 1.54) is 12.1 Å². The number of benzene rings is 1. The Morgan fingerprint density at radius 2 is 1.73 bits per heavy atom. The third kappa shape index (κ3) is 1.58. The molecule has 1 aliphatic carbocycles. The molecule has 80 valence electrons. The number of carbonyl (C=O) groups excluding carboxylic acids is 1. The lowest BCUT2D eigenvalue weighted by atomic mass is 10.3. The summed E-state index contributed by atoms with van der Waals surface area (Å²) in [7, 11) is 0. The second-order valence-corrected chi connectivity index (χ2v) is 3.50. The molecule has 0 spiro atoms. The van der Waals surface area contributed by atoms with Crippen LogP contribution >= 0.6 is 0 Å². The Balaban J connectivity index is 2.07. The molecule has 0 unspecified atom stereocenters. The van der Waals surface area contributed by atoms with Gasteiger partial charge in [0.15, 0.2) is 0 Å². The molecule has 0 aromatic heterocycles. The van der Waals surface area contributed by atoms with Crippen molar-refractivity contribution in [1.29, 1.82) is 0 Å². The third-order valence-corrected chi connectivity index (χ3v) is 2.31. The number of amides is 1. The molecular weight excluding hydrogens is 207 g/mol. The van der Waals surface area contributed by atoms with Crippen LogP contribution in [-0.2, 0) is 4.79 Å². The van der Waals surface area contributed by atoms with Crippen LogP contribution in [0.25, 0.3) is 0 Å². The van der Waals surface area contributed by atoms with Gasteiger partial charge in [-0.1, -0.05) is 18.2 Å². The summed E-state index contributed by atoms with van der Waals surface area (Å²) in [4.78, 5) is 11.1. The predicted molar refractivity (Wildman–Crippen MR) is 48.5 cm³/mol. The van der Waals surface area contributed by atoms with Crippen LogP contribution in [0.5, 0.6) is 0 Å². The van der Waals surface area contributed by atoms with Crippen molar-refractivity contribution in [3.05, 3.63) is 30.3 Å². The first-order valence-electron chi connectivity index (χ1n) is 4.39. The summed E-state index contributed by atoms with van der Waals surface area (Å²) in [6.07, 6.45) is -1.03. The fraction of sp³-hybridized carbons (Fsp3) is 0.300. The Hall–Kier alpha value is -1.52.